The maximum Gasteiger partial charge on any atom is 0.341 e. The Morgan fingerprint density at radius 1 is 0.929 bits per heavy atom. The van der Waals surface area contributed by atoms with Crippen LogP contribution in [-0.4, -0.2) is 39.8 Å². The van der Waals surface area contributed by atoms with Crippen LogP contribution in [0.25, 0.3) is 17.2 Å². The van der Waals surface area contributed by atoms with Crippen molar-refractivity contribution >= 4 is 50.2 Å². The third-order valence-electron chi connectivity index (χ3n) is 6.11. The Morgan fingerprint density at radius 2 is 1.67 bits per heavy atom. The second kappa shape index (κ2) is 14.6. The molecule has 0 aliphatic rings. The number of thiophene rings is 1. The second-order valence-corrected chi connectivity index (χ2v) is 10.5. The monoisotopic (exact) mass is 651 g/mol. The van der Waals surface area contributed by atoms with E-state index in [2.05, 4.69) is 21.2 Å². The first-order valence-electron chi connectivity index (χ1n) is 12.9. The number of carbonyl (C=O) groups excluding carboxylic acids is 2. The fourth-order valence-electron chi connectivity index (χ4n) is 4.10. The molecule has 0 bridgehead atoms. The summed E-state index contributed by atoms with van der Waals surface area (Å²) in [5, 5.41) is 4.99. The van der Waals surface area contributed by atoms with Crippen LogP contribution in [0.1, 0.15) is 28.4 Å². The van der Waals surface area contributed by atoms with E-state index in [1.807, 2.05) is 42.5 Å². The second-order valence-electron chi connectivity index (χ2n) is 8.77. The normalized spacial score (nSPS) is 10.8. The smallest absolute Gasteiger partial charge is 0.341 e. The highest BCUT2D eigenvalue weighted by Gasteiger charge is 2.23. The van der Waals surface area contributed by atoms with Crippen LogP contribution in [0.4, 0.5) is 5.00 Å². The highest BCUT2D eigenvalue weighted by atomic mass is 79.9. The largest absolute Gasteiger partial charge is 0.493 e. The molecule has 0 saturated carbocycles. The molecule has 1 amide bonds. The lowest BCUT2D eigenvalue weighted by atomic mass is 10.0. The Bertz CT molecular complexity index is 1580. The van der Waals surface area contributed by atoms with E-state index in [4.69, 9.17) is 23.7 Å². The molecular weight excluding hydrogens is 622 g/mol. The Hall–Kier alpha value is -4.28. The zero-order valence-corrected chi connectivity index (χ0v) is 26.0. The van der Waals surface area contributed by atoms with Gasteiger partial charge in [-0.05, 0) is 69.9 Å². The molecule has 1 aromatic heterocycles. The van der Waals surface area contributed by atoms with Gasteiger partial charge in [0.15, 0.2) is 23.0 Å². The maximum absolute atomic E-state index is 13.0. The van der Waals surface area contributed by atoms with Gasteiger partial charge < -0.3 is 29.0 Å². The number of ether oxygens (including phenoxy) is 5. The number of carbonyl (C=O) groups is 2. The summed E-state index contributed by atoms with van der Waals surface area (Å²) in [5.74, 6) is 1.20. The fraction of sp³-hybridized carbons (Fsp3) is 0.188. The number of amides is 1. The van der Waals surface area contributed by atoms with E-state index in [1.165, 1.54) is 17.4 Å². The molecule has 218 valence electrons. The summed E-state index contributed by atoms with van der Waals surface area (Å²) in [6.07, 6.45) is 3.03. The highest BCUT2D eigenvalue weighted by molar-refractivity contribution is 9.10. The van der Waals surface area contributed by atoms with Gasteiger partial charge in [-0.25, -0.2) is 4.79 Å². The van der Waals surface area contributed by atoms with Crippen molar-refractivity contribution in [1.82, 2.24) is 0 Å². The number of hydrogen-bond acceptors (Lipinski definition) is 8. The number of halogens is 1. The highest BCUT2D eigenvalue weighted by Crippen LogP contribution is 2.40. The van der Waals surface area contributed by atoms with Crippen molar-refractivity contribution in [3.8, 4) is 34.1 Å². The third kappa shape index (κ3) is 7.32. The van der Waals surface area contributed by atoms with Crippen LogP contribution >= 0.6 is 27.3 Å². The molecule has 4 aromatic rings. The van der Waals surface area contributed by atoms with Crippen LogP contribution < -0.4 is 24.3 Å². The van der Waals surface area contributed by atoms with Gasteiger partial charge in [-0.3, -0.25) is 4.79 Å². The molecule has 0 radical (unpaired) electrons. The van der Waals surface area contributed by atoms with Gasteiger partial charge in [-0.1, -0.05) is 36.4 Å². The van der Waals surface area contributed by atoms with Gasteiger partial charge in [0.25, 0.3) is 0 Å². The van der Waals surface area contributed by atoms with Crippen molar-refractivity contribution < 1.29 is 33.3 Å². The van der Waals surface area contributed by atoms with Crippen LogP contribution in [0.3, 0.4) is 0 Å². The lowest BCUT2D eigenvalue weighted by Crippen LogP contribution is -2.12. The minimum Gasteiger partial charge on any atom is -0.493 e. The van der Waals surface area contributed by atoms with Gasteiger partial charge >= 0.3 is 5.97 Å². The Labute approximate surface area is 257 Å². The molecule has 0 saturated heterocycles. The summed E-state index contributed by atoms with van der Waals surface area (Å²) in [5.41, 5.74) is 3.33. The summed E-state index contributed by atoms with van der Waals surface area (Å²) in [6.45, 7) is 2.29. The Morgan fingerprint density at radius 3 is 2.36 bits per heavy atom. The minimum atomic E-state index is -0.539. The van der Waals surface area contributed by atoms with Gasteiger partial charge in [0.05, 0.1) is 32.4 Å². The minimum absolute atomic E-state index is 0.190. The number of esters is 1. The molecule has 42 heavy (non-hydrogen) atoms. The number of benzene rings is 3. The summed E-state index contributed by atoms with van der Waals surface area (Å²) >= 11 is 4.78. The van der Waals surface area contributed by atoms with Gasteiger partial charge in [0.2, 0.25) is 5.91 Å². The molecule has 1 heterocycles. The fourth-order valence-corrected chi connectivity index (χ4v) is 5.64. The van der Waals surface area contributed by atoms with E-state index in [-0.39, 0.29) is 12.2 Å². The predicted octanol–water partition coefficient (Wildman–Crippen LogP) is 7.61. The van der Waals surface area contributed by atoms with Gasteiger partial charge in [-0.2, -0.15) is 0 Å². The van der Waals surface area contributed by atoms with Crippen molar-refractivity contribution in [1.29, 1.82) is 0 Å². The Balaban J connectivity index is 1.55. The average molecular weight is 653 g/mol. The van der Waals surface area contributed by atoms with Crippen molar-refractivity contribution in [2.45, 2.75) is 13.5 Å². The van der Waals surface area contributed by atoms with Crippen LogP contribution in [0, 0.1) is 0 Å². The molecule has 0 spiro atoms. The van der Waals surface area contributed by atoms with Gasteiger partial charge in [0.1, 0.15) is 17.2 Å². The van der Waals surface area contributed by atoms with Crippen LogP contribution in [0.2, 0.25) is 0 Å². The Kier molecular flexibility index (Phi) is 10.6. The van der Waals surface area contributed by atoms with Crippen LogP contribution in [0.15, 0.2) is 76.6 Å². The molecule has 10 heteroatoms. The van der Waals surface area contributed by atoms with Gasteiger partial charge in [0, 0.05) is 17.0 Å². The summed E-state index contributed by atoms with van der Waals surface area (Å²) in [4.78, 5) is 25.9. The summed E-state index contributed by atoms with van der Waals surface area (Å²) in [7, 11) is 4.65. The number of rotatable bonds is 12. The molecule has 3 aromatic carbocycles. The molecule has 0 atom stereocenters. The zero-order chi connectivity index (χ0) is 30.1. The van der Waals surface area contributed by atoms with Gasteiger partial charge in [-0.15, -0.1) is 11.3 Å². The van der Waals surface area contributed by atoms with Crippen molar-refractivity contribution in [2.24, 2.45) is 0 Å². The predicted molar refractivity (Wildman–Crippen MR) is 168 cm³/mol. The lowest BCUT2D eigenvalue weighted by molar-refractivity contribution is -0.111. The maximum atomic E-state index is 13.0. The first-order valence-corrected chi connectivity index (χ1v) is 14.6. The summed E-state index contributed by atoms with van der Waals surface area (Å²) < 4.78 is 28.3. The molecule has 0 unspecified atom stereocenters. The van der Waals surface area contributed by atoms with Crippen molar-refractivity contribution in [2.75, 3.05) is 33.3 Å². The number of methoxy groups -OCH3 is 3. The standard InChI is InChI=1S/C32H30BrNO7S/c1-5-40-32(36)29-23(22-12-13-25(37-2)26(17-22)38-3)19-42-31(29)34-28(35)14-11-21-15-24(33)30(27(16-21)39-4)41-18-20-9-7-6-8-10-20/h6-17,19H,5,18H2,1-4H3,(H,34,35)/b14-11+. The summed E-state index contributed by atoms with van der Waals surface area (Å²) in [6, 6.07) is 18.8. The third-order valence-corrected chi connectivity index (χ3v) is 7.59. The SMILES string of the molecule is CCOC(=O)c1c(-c2ccc(OC)c(OC)c2)csc1NC(=O)/C=C/c1cc(Br)c(OCc2ccccc2)c(OC)c1. The van der Waals surface area contributed by atoms with Crippen LogP contribution in [0.5, 0.6) is 23.0 Å². The zero-order valence-electron chi connectivity index (χ0n) is 23.6. The van der Waals surface area contributed by atoms with E-state index in [0.717, 1.165) is 11.1 Å². The molecule has 0 aliphatic heterocycles. The van der Waals surface area contributed by atoms with E-state index in [9.17, 15) is 9.59 Å². The van der Waals surface area contributed by atoms with E-state index >= 15 is 0 Å². The first kappa shape index (κ1) is 30.7. The van der Waals surface area contributed by atoms with E-state index < -0.39 is 11.9 Å². The van der Waals surface area contributed by atoms with E-state index in [0.29, 0.717) is 50.2 Å². The molecule has 8 nitrogen and oxygen atoms in total. The quantitative estimate of drug-likeness (QED) is 0.124. The number of anilines is 1. The topological polar surface area (TPSA) is 92.3 Å². The first-order chi connectivity index (χ1) is 20.4. The number of nitrogens with one attached hydrogen (secondary N) is 1. The average Bonchev–Trinajstić information content (AvgIpc) is 3.42. The number of hydrogen-bond donors (Lipinski definition) is 1. The van der Waals surface area contributed by atoms with Crippen LogP contribution in [-0.2, 0) is 16.1 Å². The van der Waals surface area contributed by atoms with Crippen molar-refractivity contribution in [3.05, 3.63) is 93.3 Å². The lowest BCUT2D eigenvalue weighted by Gasteiger charge is -2.13. The molecule has 0 aliphatic carbocycles. The molecule has 1 N–H and O–H groups in total. The molecule has 4 rings (SSSR count). The molecular formula is C32H30BrNO7S. The van der Waals surface area contributed by atoms with Crippen molar-refractivity contribution in [3.63, 3.8) is 0 Å². The molecule has 0 fully saturated rings. The van der Waals surface area contributed by atoms with E-state index in [1.54, 1.807) is 57.9 Å².